The molecular formula is C29H28N6O3S. The number of aryl methyl sites for hydroxylation is 1. The van der Waals surface area contributed by atoms with Gasteiger partial charge in [-0.1, -0.05) is 30.3 Å². The topological polar surface area (TPSA) is 124 Å². The number of aromatic nitrogens is 4. The number of carbonyl (C=O) groups is 1. The van der Waals surface area contributed by atoms with Gasteiger partial charge in [-0.15, -0.1) is 21.5 Å². The maximum atomic E-state index is 13.9. The number of benzene rings is 2. The molecule has 2 N–H and O–H groups in total. The predicted molar refractivity (Wildman–Crippen MR) is 147 cm³/mol. The Morgan fingerprint density at radius 1 is 1.13 bits per heavy atom. The van der Waals surface area contributed by atoms with Crippen LogP contribution >= 0.6 is 11.3 Å². The summed E-state index contributed by atoms with van der Waals surface area (Å²) in [5, 5.41) is 11.5. The second-order valence-electron chi connectivity index (χ2n) is 10.2. The molecule has 5 aromatic rings. The van der Waals surface area contributed by atoms with E-state index in [9.17, 15) is 4.79 Å². The van der Waals surface area contributed by atoms with Crippen LogP contribution in [-0.2, 0) is 18.5 Å². The third-order valence-corrected chi connectivity index (χ3v) is 7.61. The van der Waals surface area contributed by atoms with Gasteiger partial charge in [-0.05, 0) is 56.9 Å². The number of amides is 1. The van der Waals surface area contributed by atoms with Crippen LogP contribution in [0.1, 0.15) is 52.3 Å². The molecule has 1 atom stereocenters. The van der Waals surface area contributed by atoms with Crippen LogP contribution in [0.15, 0.2) is 75.2 Å². The fourth-order valence-electron chi connectivity index (χ4n) is 4.57. The molecular weight excluding hydrogens is 512 g/mol. The van der Waals surface area contributed by atoms with E-state index in [-0.39, 0.29) is 17.8 Å². The van der Waals surface area contributed by atoms with Crippen molar-refractivity contribution in [2.75, 3.05) is 0 Å². The van der Waals surface area contributed by atoms with Crippen molar-refractivity contribution < 1.29 is 13.6 Å². The normalized spacial score (nSPS) is 14.7. The van der Waals surface area contributed by atoms with Crippen molar-refractivity contribution in [3.8, 4) is 22.9 Å². The first-order valence-electron chi connectivity index (χ1n) is 12.8. The summed E-state index contributed by atoms with van der Waals surface area (Å²) in [5.41, 5.74) is 9.48. The molecule has 1 saturated carbocycles. The van der Waals surface area contributed by atoms with Crippen LogP contribution in [0.25, 0.3) is 22.9 Å². The van der Waals surface area contributed by atoms with E-state index >= 15 is 0 Å². The quantitative estimate of drug-likeness (QED) is 0.264. The van der Waals surface area contributed by atoms with Crippen molar-refractivity contribution >= 4 is 17.2 Å². The molecule has 0 bridgehead atoms. The molecule has 1 aliphatic carbocycles. The summed E-state index contributed by atoms with van der Waals surface area (Å²) in [4.78, 5) is 24.6. The van der Waals surface area contributed by atoms with Crippen LogP contribution in [0.4, 0.5) is 0 Å². The summed E-state index contributed by atoms with van der Waals surface area (Å²) in [6.45, 7) is 4.29. The van der Waals surface area contributed by atoms with E-state index in [1.807, 2.05) is 60.5 Å². The van der Waals surface area contributed by atoms with E-state index < -0.39 is 5.54 Å². The minimum atomic E-state index is -0.875. The Morgan fingerprint density at radius 3 is 2.56 bits per heavy atom. The third-order valence-electron chi connectivity index (χ3n) is 6.65. The highest BCUT2D eigenvalue weighted by atomic mass is 32.1. The van der Waals surface area contributed by atoms with E-state index in [1.165, 1.54) is 6.26 Å². The Labute approximate surface area is 229 Å². The summed E-state index contributed by atoms with van der Waals surface area (Å²) in [7, 11) is 0. The Morgan fingerprint density at radius 2 is 1.90 bits per heavy atom. The number of rotatable bonds is 9. The lowest BCUT2D eigenvalue weighted by molar-refractivity contribution is 0.0730. The SMILES string of the molecule is Cc1csc(CN(C(=O)c2cc(-c3ncco3)cc(-c3nnc([C@](C)(N)Cc4ccccc4)o3)c2)C2CC2)n1. The van der Waals surface area contributed by atoms with Gasteiger partial charge in [0.05, 0.1) is 18.3 Å². The maximum absolute atomic E-state index is 13.9. The second kappa shape index (κ2) is 10.2. The van der Waals surface area contributed by atoms with E-state index in [0.717, 1.165) is 29.1 Å². The molecule has 6 rings (SSSR count). The average Bonchev–Trinajstić information content (AvgIpc) is 3.30. The lowest BCUT2D eigenvalue weighted by atomic mass is 9.94. The second-order valence-corrected chi connectivity index (χ2v) is 11.1. The first-order chi connectivity index (χ1) is 18.9. The molecule has 3 heterocycles. The number of thiazole rings is 1. The Balaban J connectivity index is 1.34. The molecule has 10 heteroatoms. The van der Waals surface area contributed by atoms with Crippen molar-refractivity contribution in [1.29, 1.82) is 0 Å². The first-order valence-corrected chi connectivity index (χ1v) is 13.7. The highest BCUT2D eigenvalue weighted by Crippen LogP contribution is 2.34. The number of nitrogens with zero attached hydrogens (tertiary/aromatic N) is 5. The number of nitrogens with two attached hydrogens (primary N) is 1. The molecule has 0 spiro atoms. The van der Waals surface area contributed by atoms with E-state index in [2.05, 4.69) is 20.2 Å². The van der Waals surface area contributed by atoms with Gasteiger partial charge in [0.2, 0.25) is 17.7 Å². The molecule has 198 valence electrons. The van der Waals surface area contributed by atoms with Gasteiger partial charge in [0.25, 0.3) is 5.91 Å². The van der Waals surface area contributed by atoms with Crippen LogP contribution < -0.4 is 5.73 Å². The van der Waals surface area contributed by atoms with Gasteiger partial charge in [0, 0.05) is 33.8 Å². The van der Waals surface area contributed by atoms with E-state index in [1.54, 1.807) is 29.7 Å². The molecule has 3 aromatic heterocycles. The van der Waals surface area contributed by atoms with Crippen molar-refractivity contribution in [3.05, 3.63) is 94.1 Å². The van der Waals surface area contributed by atoms with Gasteiger partial charge in [-0.25, -0.2) is 9.97 Å². The van der Waals surface area contributed by atoms with Gasteiger partial charge in [-0.3, -0.25) is 4.79 Å². The summed E-state index contributed by atoms with van der Waals surface area (Å²) >= 11 is 1.57. The Kier molecular flexibility index (Phi) is 6.58. The smallest absolute Gasteiger partial charge is 0.254 e. The van der Waals surface area contributed by atoms with Gasteiger partial charge < -0.3 is 19.5 Å². The summed E-state index contributed by atoms with van der Waals surface area (Å²) in [6, 6.07) is 15.5. The number of hydrogen-bond donors (Lipinski definition) is 1. The minimum Gasteiger partial charge on any atom is -0.445 e. The molecule has 0 unspecified atom stereocenters. The standard InChI is InChI=1S/C29H28N6O3S/c1-18-17-39-24(32-18)16-35(23-8-9-23)27(36)22-13-20(25-31-10-11-37-25)12-21(14-22)26-33-34-28(38-26)29(2,30)15-19-6-4-3-5-7-19/h3-7,10-14,17,23H,8-9,15-16,30H2,1-2H3/t29-/m1/s1. The fourth-order valence-corrected chi connectivity index (χ4v) is 5.34. The zero-order valence-corrected chi connectivity index (χ0v) is 22.5. The highest BCUT2D eigenvalue weighted by Gasteiger charge is 2.34. The average molecular weight is 541 g/mol. The van der Waals surface area contributed by atoms with Crippen LogP contribution in [0.3, 0.4) is 0 Å². The molecule has 9 nitrogen and oxygen atoms in total. The highest BCUT2D eigenvalue weighted by molar-refractivity contribution is 7.09. The summed E-state index contributed by atoms with van der Waals surface area (Å²) in [5.74, 6) is 0.889. The lowest BCUT2D eigenvalue weighted by Gasteiger charge is -2.22. The van der Waals surface area contributed by atoms with Crippen LogP contribution in [-0.4, -0.2) is 37.0 Å². The van der Waals surface area contributed by atoms with Gasteiger partial charge in [0.1, 0.15) is 11.3 Å². The fraction of sp³-hybridized carbons (Fsp3) is 0.276. The predicted octanol–water partition coefficient (Wildman–Crippen LogP) is 5.38. The van der Waals surface area contributed by atoms with Crippen molar-refractivity contribution in [3.63, 3.8) is 0 Å². The molecule has 0 aliphatic heterocycles. The zero-order chi connectivity index (χ0) is 27.0. The summed E-state index contributed by atoms with van der Waals surface area (Å²) < 4.78 is 11.7. The molecule has 1 aliphatic rings. The van der Waals surface area contributed by atoms with Gasteiger partial charge in [0.15, 0.2) is 0 Å². The van der Waals surface area contributed by atoms with Crippen molar-refractivity contribution in [2.24, 2.45) is 5.73 Å². The third kappa shape index (κ3) is 5.52. The first kappa shape index (κ1) is 25.1. The number of oxazole rings is 1. The van der Waals surface area contributed by atoms with E-state index in [0.29, 0.717) is 41.4 Å². The molecule has 0 saturated heterocycles. The maximum Gasteiger partial charge on any atom is 0.254 e. The molecule has 39 heavy (non-hydrogen) atoms. The van der Waals surface area contributed by atoms with Gasteiger partial charge >= 0.3 is 0 Å². The van der Waals surface area contributed by atoms with Crippen LogP contribution in [0.2, 0.25) is 0 Å². The largest absolute Gasteiger partial charge is 0.445 e. The Hall–Kier alpha value is -4.15. The zero-order valence-electron chi connectivity index (χ0n) is 21.7. The summed E-state index contributed by atoms with van der Waals surface area (Å²) in [6.07, 6.45) is 5.55. The van der Waals surface area contributed by atoms with Gasteiger partial charge in [-0.2, -0.15) is 0 Å². The molecule has 0 radical (unpaired) electrons. The molecule has 1 fully saturated rings. The monoisotopic (exact) mass is 540 g/mol. The molecule has 2 aromatic carbocycles. The number of carbonyl (C=O) groups excluding carboxylic acids is 1. The van der Waals surface area contributed by atoms with Crippen molar-refractivity contribution in [2.45, 2.75) is 51.2 Å². The molecule has 1 amide bonds. The van der Waals surface area contributed by atoms with Crippen LogP contribution in [0.5, 0.6) is 0 Å². The number of hydrogen-bond acceptors (Lipinski definition) is 9. The van der Waals surface area contributed by atoms with E-state index in [4.69, 9.17) is 14.6 Å². The Bertz CT molecular complexity index is 1590. The van der Waals surface area contributed by atoms with Crippen molar-refractivity contribution in [1.82, 2.24) is 25.1 Å². The van der Waals surface area contributed by atoms with Crippen LogP contribution in [0, 0.1) is 6.92 Å². The lowest BCUT2D eigenvalue weighted by Crippen LogP contribution is -2.35. The minimum absolute atomic E-state index is 0.0903.